The van der Waals surface area contributed by atoms with Crippen LogP contribution in [0.3, 0.4) is 0 Å². The number of allylic oxidation sites excluding steroid dienone is 1. The van der Waals surface area contributed by atoms with E-state index in [2.05, 4.69) is 4.79 Å². The second kappa shape index (κ2) is 7.40. The molecule has 0 saturated heterocycles. The maximum absolute atomic E-state index is 12.8. The minimum atomic E-state index is -4.32. The number of benzene rings is 2. The van der Waals surface area contributed by atoms with Crippen LogP contribution in [0.25, 0.3) is 10.4 Å². The van der Waals surface area contributed by atoms with E-state index in [0.717, 1.165) is 6.08 Å². The van der Waals surface area contributed by atoms with Gasteiger partial charge in [-0.25, -0.2) is 0 Å². The number of hydrogen-bond acceptors (Lipinski definition) is 6. The standard InChI is InChI=1S/C19H16N2O6S/c1-11(12-7-4-8-16(22)19(12)24)10-27-28(25,26)17-9-15(21-20)18(23)14-6-3-2-5-13(14)17/h2-9,11,22,24H,10H2,1H3. The summed E-state index contributed by atoms with van der Waals surface area (Å²) in [6.45, 7) is 1.30. The molecule has 0 bridgehead atoms. The molecule has 144 valence electrons. The van der Waals surface area contributed by atoms with Crippen molar-refractivity contribution in [1.82, 2.24) is 0 Å². The van der Waals surface area contributed by atoms with Crippen LogP contribution < -0.4 is 0 Å². The average molecular weight is 400 g/mol. The summed E-state index contributed by atoms with van der Waals surface area (Å²) in [5.74, 6) is -1.83. The molecule has 28 heavy (non-hydrogen) atoms. The van der Waals surface area contributed by atoms with E-state index in [1.165, 1.54) is 24.3 Å². The van der Waals surface area contributed by atoms with E-state index in [4.69, 9.17) is 9.71 Å². The lowest BCUT2D eigenvalue weighted by Gasteiger charge is -2.17. The van der Waals surface area contributed by atoms with Crippen molar-refractivity contribution in [2.45, 2.75) is 12.8 Å². The molecule has 9 heteroatoms. The summed E-state index contributed by atoms with van der Waals surface area (Å²) in [5.41, 5.74) is 9.16. The number of Topliss-reactive ketones (excluding diaryl/α,β-unsaturated/α-hetero) is 1. The zero-order valence-corrected chi connectivity index (χ0v) is 15.5. The zero-order chi connectivity index (χ0) is 20.5. The van der Waals surface area contributed by atoms with Gasteiger partial charge in [0.05, 0.1) is 12.7 Å². The summed E-state index contributed by atoms with van der Waals surface area (Å²) in [5, 5.41) is 19.5. The van der Waals surface area contributed by atoms with Crippen LogP contribution in [-0.2, 0) is 14.3 Å². The van der Waals surface area contributed by atoms with E-state index in [-0.39, 0.29) is 34.1 Å². The largest absolute Gasteiger partial charge is 0.504 e. The van der Waals surface area contributed by atoms with Crippen LogP contribution in [-0.4, -0.2) is 41.5 Å². The van der Waals surface area contributed by atoms with Crippen molar-refractivity contribution < 1.29 is 32.4 Å². The molecule has 0 spiro atoms. The molecule has 0 amide bonds. The Morgan fingerprint density at radius 3 is 2.46 bits per heavy atom. The van der Waals surface area contributed by atoms with Crippen LogP contribution in [0.5, 0.6) is 11.5 Å². The number of aromatic hydroxyl groups is 2. The van der Waals surface area contributed by atoms with Gasteiger partial charge in [-0.05, 0) is 6.07 Å². The Balaban J connectivity index is 1.91. The van der Waals surface area contributed by atoms with E-state index >= 15 is 0 Å². The van der Waals surface area contributed by atoms with E-state index in [9.17, 15) is 23.4 Å². The number of fused-ring (bicyclic) bond motifs is 1. The maximum atomic E-state index is 12.8. The minimum absolute atomic E-state index is 0.0821. The molecule has 0 radical (unpaired) electrons. The Morgan fingerprint density at radius 1 is 1.11 bits per heavy atom. The molecule has 1 aliphatic rings. The quantitative estimate of drug-likeness (QED) is 0.342. The number of para-hydroxylation sites is 1. The van der Waals surface area contributed by atoms with Crippen molar-refractivity contribution in [2.75, 3.05) is 6.61 Å². The van der Waals surface area contributed by atoms with Crippen molar-refractivity contribution in [3.63, 3.8) is 0 Å². The summed E-state index contributed by atoms with van der Waals surface area (Å²) >= 11 is 0. The van der Waals surface area contributed by atoms with Crippen molar-refractivity contribution in [3.05, 3.63) is 70.8 Å². The van der Waals surface area contributed by atoms with E-state index < -0.39 is 27.5 Å². The number of carbonyl (C=O) groups excluding carboxylic acids is 1. The molecular weight excluding hydrogens is 384 g/mol. The molecule has 0 aromatic heterocycles. The highest BCUT2D eigenvalue weighted by atomic mass is 32.2. The fourth-order valence-electron chi connectivity index (χ4n) is 2.87. The molecule has 0 saturated carbocycles. The second-order valence-corrected chi connectivity index (χ2v) is 7.81. The fraction of sp³-hybridized carbons (Fsp3) is 0.158. The third-order valence-corrected chi connectivity index (χ3v) is 5.69. The van der Waals surface area contributed by atoms with Crippen LogP contribution in [0.4, 0.5) is 0 Å². The Hall–Kier alpha value is -3.26. The molecule has 2 N–H and O–H groups in total. The monoisotopic (exact) mass is 400 g/mol. The van der Waals surface area contributed by atoms with Gasteiger partial charge in [-0.3, -0.25) is 8.98 Å². The highest BCUT2D eigenvalue weighted by Gasteiger charge is 2.35. The van der Waals surface area contributed by atoms with Crippen molar-refractivity contribution in [3.8, 4) is 11.5 Å². The normalized spacial score (nSPS) is 14.8. The van der Waals surface area contributed by atoms with Crippen LogP contribution >= 0.6 is 0 Å². The van der Waals surface area contributed by atoms with Gasteiger partial charge in [-0.15, -0.1) is 0 Å². The first-order valence-corrected chi connectivity index (χ1v) is 9.65. The van der Waals surface area contributed by atoms with E-state index in [1.54, 1.807) is 25.1 Å². The summed E-state index contributed by atoms with van der Waals surface area (Å²) in [4.78, 5) is 14.8. The van der Waals surface area contributed by atoms with Gasteiger partial charge in [0.2, 0.25) is 0 Å². The molecule has 1 atom stereocenters. The van der Waals surface area contributed by atoms with Crippen LogP contribution in [0.2, 0.25) is 0 Å². The smallest absolute Gasteiger partial charge is 0.364 e. The third kappa shape index (κ3) is 3.46. The number of phenolic OH excluding ortho intramolecular Hbond substituents is 2. The highest BCUT2D eigenvalue weighted by molar-refractivity contribution is 7.96. The summed E-state index contributed by atoms with van der Waals surface area (Å²) in [6.07, 6.45) is 0.955. The number of ketones is 1. The second-order valence-electron chi connectivity index (χ2n) is 6.22. The molecule has 1 aliphatic carbocycles. The molecule has 3 rings (SSSR count). The van der Waals surface area contributed by atoms with Gasteiger partial charge in [-0.1, -0.05) is 43.3 Å². The van der Waals surface area contributed by atoms with Crippen molar-refractivity contribution >= 4 is 26.5 Å². The highest BCUT2D eigenvalue weighted by Crippen LogP contribution is 2.35. The van der Waals surface area contributed by atoms with Gasteiger partial charge < -0.3 is 15.7 Å². The molecule has 0 heterocycles. The number of rotatable bonds is 5. The lowest BCUT2D eigenvalue weighted by atomic mass is 9.95. The fourth-order valence-corrected chi connectivity index (χ4v) is 4.09. The van der Waals surface area contributed by atoms with Gasteiger partial charge >= 0.3 is 5.71 Å². The zero-order valence-electron chi connectivity index (χ0n) is 14.7. The Bertz CT molecular complexity index is 1150. The number of carbonyl (C=O) groups is 1. The van der Waals surface area contributed by atoms with Crippen molar-refractivity contribution in [2.24, 2.45) is 0 Å². The Labute approximate surface area is 161 Å². The van der Waals surface area contributed by atoms with Gasteiger partial charge in [0, 0.05) is 22.6 Å². The Morgan fingerprint density at radius 2 is 1.79 bits per heavy atom. The topological polar surface area (TPSA) is 137 Å². The van der Waals surface area contributed by atoms with Gasteiger partial charge in [0.15, 0.2) is 11.5 Å². The molecule has 0 fully saturated rings. The maximum Gasteiger partial charge on any atom is 0.364 e. The summed E-state index contributed by atoms with van der Waals surface area (Å²) in [7, 11) is -4.32. The third-order valence-electron chi connectivity index (χ3n) is 4.36. The predicted octanol–water partition coefficient (Wildman–Crippen LogP) is 2.46. The van der Waals surface area contributed by atoms with Crippen LogP contribution in [0, 0.1) is 0 Å². The number of phenols is 2. The molecule has 8 nitrogen and oxygen atoms in total. The lowest BCUT2D eigenvalue weighted by molar-refractivity contribution is -0.00438. The molecular formula is C19H16N2O6S. The van der Waals surface area contributed by atoms with E-state index in [1.807, 2.05) is 0 Å². The first kappa shape index (κ1) is 19.5. The van der Waals surface area contributed by atoms with Crippen molar-refractivity contribution in [1.29, 1.82) is 0 Å². The SMILES string of the molecule is CC(COS(=O)(=O)C1=CC(=[N+]=[N-])C(=O)c2ccccc21)c1cccc(O)c1O. The lowest BCUT2D eigenvalue weighted by Crippen LogP contribution is -2.24. The Kier molecular flexibility index (Phi) is 5.15. The minimum Gasteiger partial charge on any atom is -0.504 e. The first-order valence-electron chi connectivity index (χ1n) is 8.24. The molecule has 2 aromatic carbocycles. The molecule has 0 aliphatic heterocycles. The van der Waals surface area contributed by atoms with Crippen LogP contribution in [0.1, 0.15) is 34.3 Å². The van der Waals surface area contributed by atoms with Gasteiger partial charge in [0.25, 0.3) is 15.9 Å². The molecule has 2 aromatic rings. The predicted molar refractivity (Wildman–Crippen MR) is 100 cm³/mol. The van der Waals surface area contributed by atoms with E-state index in [0.29, 0.717) is 5.56 Å². The average Bonchev–Trinajstić information content (AvgIpc) is 2.68. The first-order chi connectivity index (χ1) is 13.3. The summed E-state index contributed by atoms with van der Waals surface area (Å²) in [6, 6.07) is 10.4. The number of nitrogens with zero attached hydrogens (tertiary/aromatic N) is 2. The van der Waals surface area contributed by atoms with Gasteiger partial charge in [-0.2, -0.15) is 13.2 Å². The molecule has 1 unspecified atom stereocenters. The van der Waals surface area contributed by atoms with Crippen LogP contribution in [0.15, 0.2) is 48.5 Å². The summed E-state index contributed by atoms with van der Waals surface area (Å²) < 4.78 is 30.6. The number of hydrogen-bond donors (Lipinski definition) is 2. The van der Waals surface area contributed by atoms with Gasteiger partial charge in [0.1, 0.15) is 4.91 Å².